The Labute approximate surface area is 80.4 Å². The molecule has 0 aliphatic rings. The molecular weight excluding hydrogens is 214 g/mol. The maximum absolute atomic E-state index is 10.5. The van der Waals surface area contributed by atoms with E-state index in [1.165, 1.54) is 0 Å². The first-order valence-electron chi connectivity index (χ1n) is 3.53. The Bertz CT molecular complexity index is 324. The Morgan fingerprint density at radius 2 is 1.93 bits per heavy atom. The first-order chi connectivity index (χ1) is 6.22. The zero-order chi connectivity index (χ0) is 11.4. The van der Waals surface area contributed by atoms with Crippen molar-refractivity contribution >= 4 is 22.1 Å². The highest BCUT2D eigenvalue weighted by molar-refractivity contribution is 7.87. The van der Waals surface area contributed by atoms with Gasteiger partial charge in [0.25, 0.3) is 10.2 Å². The Kier molecular flexibility index (Phi) is 4.47. The van der Waals surface area contributed by atoms with Gasteiger partial charge in [-0.2, -0.15) is 13.1 Å². The summed E-state index contributed by atoms with van der Waals surface area (Å²) >= 11 is 0. The fraction of sp³-hybridized carbons (Fsp3) is 0.600. The number of primary amides is 1. The van der Waals surface area contributed by atoms with Gasteiger partial charge in [-0.05, 0) is 6.42 Å². The summed E-state index contributed by atoms with van der Waals surface area (Å²) < 4.78 is 22.6. The lowest BCUT2D eigenvalue weighted by Gasteiger charge is -2.10. The van der Waals surface area contributed by atoms with Crippen LogP contribution in [-0.4, -0.2) is 31.4 Å². The first-order valence-corrected chi connectivity index (χ1v) is 5.08. The summed E-state index contributed by atoms with van der Waals surface area (Å²) in [4.78, 5) is 20.8. The molecule has 6 N–H and O–H groups in total. The summed E-state index contributed by atoms with van der Waals surface area (Å²) in [5.41, 5.74) is 4.76. The van der Waals surface area contributed by atoms with E-state index < -0.39 is 28.1 Å². The third-order valence-electron chi connectivity index (χ3n) is 1.28. The van der Waals surface area contributed by atoms with Crippen LogP contribution in [-0.2, 0) is 19.8 Å². The fourth-order valence-corrected chi connectivity index (χ4v) is 1.33. The highest BCUT2D eigenvalue weighted by Crippen LogP contribution is 1.97. The minimum atomic E-state index is -4.10. The molecule has 8 nitrogen and oxygen atoms in total. The largest absolute Gasteiger partial charge is 0.480 e. The average molecular weight is 225 g/mol. The van der Waals surface area contributed by atoms with Crippen LogP contribution in [0, 0.1) is 0 Å². The van der Waals surface area contributed by atoms with Crippen molar-refractivity contribution in [1.82, 2.24) is 4.72 Å². The van der Waals surface area contributed by atoms with E-state index in [0.29, 0.717) is 0 Å². The van der Waals surface area contributed by atoms with Crippen molar-refractivity contribution in [2.45, 2.75) is 18.9 Å². The Balaban J connectivity index is 4.32. The van der Waals surface area contributed by atoms with Crippen molar-refractivity contribution < 1.29 is 23.1 Å². The van der Waals surface area contributed by atoms with Crippen LogP contribution in [0.1, 0.15) is 12.8 Å². The zero-order valence-electron chi connectivity index (χ0n) is 7.13. The molecule has 0 spiro atoms. The number of hydrogen-bond donors (Lipinski definition) is 4. The number of carbonyl (C=O) groups is 2. The number of carboxylic acid groups (broad SMARTS) is 1. The number of rotatable bonds is 6. The van der Waals surface area contributed by atoms with Crippen LogP contribution in [0.15, 0.2) is 0 Å². The van der Waals surface area contributed by atoms with E-state index in [2.05, 4.69) is 5.14 Å². The Hall–Kier alpha value is -1.19. The number of carbonyl (C=O) groups excluding carboxylic acids is 1. The summed E-state index contributed by atoms with van der Waals surface area (Å²) in [5, 5.41) is 13.1. The van der Waals surface area contributed by atoms with Gasteiger partial charge in [0.1, 0.15) is 6.04 Å². The van der Waals surface area contributed by atoms with Crippen LogP contribution in [0.4, 0.5) is 0 Å². The molecule has 0 aromatic rings. The SMILES string of the molecule is NC(=O)CC[C@H](NS(N)(=O)=O)C(=O)O. The van der Waals surface area contributed by atoms with Crippen LogP contribution >= 0.6 is 0 Å². The van der Waals surface area contributed by atoms with E-state index in [1.807, 2.05) is 0 Å². The molecule has 0 saturated carbocycles. The van der Waals surface area contributed by atoms with Gasteiger partial charge in [-0.15, -0.1) is 0 Å². The molecule has 0 heterocycles. The molecule has 14 heavy (non-hydrogen) atoms. The molecule has 0 rings (SSSR count). The highest BCUT2D eigenvalue weighted by Gasteiger charge is 2.21. The molecule has 9 heteroatoms. The smallest absolute Gasteiger partial charge is 0.321 e. The monoisotopic (exact) mass is 225 g/mol. The van der Waals surface area contributed by atoms with Gasteiger partial charge in [-0.3, -0.25) is 9.59 Å². The molecule has 0 aromatic heterocycles. The number of carboxylic acids is 1. The fourth-order valence-electron chi connectivity index (χ4n) is 0.718. The van der Waals surface area contributed by atoms with E-state index in [0.717, 1.165) is 0 Å². The number of nitrogens with two attached hydrogens (primary N) is 2. The summed E-state index contributed by atoms with van der Waals surface area (Å²) in [7, 11) is -4.10. The lowest BCUT2D eigenvalue weighted by Crippen LogP contribution is -2.44. The first kappa shape index (κ1) is 12.8. The molecule has 0 aromatic carbocycles. The molecule has 0 saturated heterocycles. The standard InChI is InChI=1S/C5H11N3O5S/c6-4(9)2-1-3(5(10)11)8-14(7,12)13/h3,8H,1-2H2,(H2,6,9)(H,10,11)(H2,7,12,13)/t3-/m0/s1. The van der Waals surface area contributed by atoms with Crippen LogP contribution in [0.25, 0.3) is 0 Å². The maximum atomic E-state index is 10.5. The number of nitrogens with one attached hydrogen (secondary N) is 1. The molecule has 0 fully saturated rings. The van der Waals surface area contributed by atoms with Crippen LogP contribution in [0.3, 0.4) is 0 Å². The average Bonchev–Trinajstić information content (AvgIpc) is 1.94. The molecule has 1 atom stereocenters. The molecule has 0 bridgehead atoms. The molecule has 0 aliphatic carbocycles. The molecule has 0 aliphatic heterocycles. The van der Waals surface area contributed by atoms with Crippen molar-refractivity contribution in [3.05, 3.63) is 0 Å². The summed E-state index contributed by atoms with van der Waals surface area (Å²) in [5.74, 6) is -2.13. The number of amides is 1. The van der Waals surface area contributed by atoms with Gasteiger partial charge >= 0.3 is 5.97 Å². The summed E-state index contributed by atoms with van der Waals surface area (Å²) in [6, 6.07) is -1.43. The lowest BCUT2D eigenvalue weighted by atomic mass is 10.2. The molecule has 82 valence electrons. The maximum Gasteiger partial charge on any atom is 0.321 e. The van der Waals surface area contributed by atoms with E-state index in [4.69, 9.17) is 10.8 Å². The number of aliphatic carboxylic acids is 1. The minimum absolute atomic E-state index is 0.235. The second-order valence-corrected chi connectivity index (χ2v) is 3.88. The van der Waals surface area contributed by atoms with E-state index in [9.17, 15) is 18.0 Å². The molecule has 0 unspecified atom stereocenters. The predicted octanol–water partition coefficient (Wildman–Crippen LogP) is -2.50. The van der Waals surface area contributed by atoms with Crippen molar-refractivity contribution in [2.24, 2.45) is 10.9 Å². The van der Waals surface area contributed by atoms with Crippen LogP contribution < -0.4 is 15.6 Å². The van der Waals surface area contributed by atoms with Gasteiger partial charge in [0, 0.05) is 6.42 Å². The Morgan fingerprint density at radius 3 is 2.21 bits per heavy atom. The van der Waals surface area contributed by atoms with Crippen molar-refractivity contribution in [3.63, 3.8) is 0 Å². The minimum Gasteiger partial charge on any atom is -0.480 e. The number of hydrogen-bond acceptors (Lipinski definition) is 4. The second kappa shape index (κ2) is 4.88. The van der Waals surface area contributed by atoms with E-state index >= 15 is 0 Å². The van der Waals surface area contributed by atoms with Crippen LogP contribution in [0.2, 0.25) is 0 Å². The third kappa shape index (κ3) is 6.34. The third-order valence-corrected chi connectivity index (χ3v) is 1.90. The van der Waals surface area contributed by atoms with Gasteiger partial charge in [0.05, 0.1) is 0 Å². The normalized spacial score (nSPS) is 13.5. The van der Waals surface area contributed by atoms with Crippen LogP contribution in [0.5, 0.6) is 0 Å². The van der Waals surface area contributed by atoms with Crippen molar-refractivity contribution in [1.29, 1.82) is 0 Å². The Morgan fingerprint density at radius 1 is 1.43 bits per heavy atom. The summed E-state index contributed by atoms with van der Waals surface area (Å²) in [6.45, 7) is 0. The second-order valence-electron chi connectivity index (χ2n) is 2.56. The van der Waals surface area contributed by atoms with Crippen molar-refractivity contribution in [2.75, 3.05) is 0 Å². The van der Waals surface area contributed by atoms with Gasteiger partial charge in [-0.1, -0.05) is 0 Å². The molecule has 0 radical (unpaired) electrons. The molecular formula is C5H11N3O5S. The quantitative estimate of drug-likeness (QED) is 0.393. The lowest BCUT2D eigenvalue weighted by molar-refractivity contribution is -0.139. The topological polar surface area (TPSA) is 153 Å². The van der Waals surface area contributed by atoms with Crippen molar-refractivity contribution in [3.8, 4) is 0 Å². The van der Waals surface area contributed by atoms with Gasteiger partial charge in [0.15, 0.2) is 0 Å². The summed E-state index contributed by atoms with van der Waals surface area (Å²) in [6.07, 6.45) is -0.472. The molecule has 1 amide bonds. The zero-order valence-corrected chi connectivity index (χ0v) is 7.95. The predicted molar refractivity (Wildman–Crippen MR) is 46.1 cm³/mol. The van der Waals surface area contributed by atoms with E-state index in [1.54, 1.807) is 4.72 Å². The van der Waals surface area contributed by atoms with E-state index in [-0.39, 0.29) is 12.8 Å². The van der Waals surface area contributed by atoms with Gasteiger partial charge in [-0.25, -0.2) is 5.14 Å². The van der Waals surface area contributed by atoms with Gasteiger partial charge < -0.3 is 10.8 Å². The van der Waals surface area contributed by atoms with Gasteiger partial charge in [0.2, 0.25) is 5.91 Å². The highest BCUT2D eigenvalue weighted by atomic mass is 32.2.